The topological polar surface area (TPSA) is 92.3 Å². The Labute approximate surface area is 178 Å². The van der Waals surface area contributed by atoms with Crippen molar-refractivity contribution < 1.29 is 18.7 Å². The van der Waals surface area contributed by atoms with Crippen molar-refractivity contribution in [3.63, 3.8) is 0 Å². The van der Waals surface area contributed by atoms with E-state index in [4.69, 9.17) is 20.8 Å². The summed E-state index contributed by atoms with van der Waals surface area (Å²) in [7, 11) is 0. The van der Waals surface area contributed by atoms with Crippen molar-refractivity contribution in [1.29, 1.82) is 5.26 Å². The van der Waals surface area contributed by atoms with E-state index in [1.54, 1.807) is 67.6 Å². The van der Waals surface area contributed by atoms with Gasteiger partial charge in [0.1, 0.15) is 23.2 Å². The Morgan fingerprint density at radius 1 is 1.10 bits per heavy atom. The number of carbonyl (C=O) groups excluding carboxylic acids is 2. The van der Waals surface area contributed by atoms with Gasteiger partial charge in [-0.1, -0.05) is 23.7 Å². The molecule has 30 heavy (non-hydrogen) atoms. The molecule has 0 atom stereocenters. The van der Waals surface area contributed by atoms with E-state index in [0.29, 0.717) is 34.4 Å². The molecule has 0 unspecified atom stereocenters. The summed E-state index contributed by atoms with van der Waals surface area (Å²) in [6.07, 6.45) is 1.36. The fraction of sp³-hybridized carbons (Fsp3) is 0.0870. The molecule has 150 valence electrons. The van der Waals surface area contributed by atoms with Crippen molar-refractivity contribution in [3.8, 4) is 17.4 Å². The predicted octanol–water partition coefficient (Wildman–Crippen LogP) is 5.32. The lowest BCUT2D eigenvalue weighted by molar-refractivity contribution is -0.112. The molecule has 2 aromatic carbocycles. The van der Waals surface area contributed by atoms with E-state index in [1.165, 1.54) is 6.08 Å². The molecule has 1 heterocycles. The lowest BCUT2D eigenvalue weighted by Crippen LogP contribution is -2.13. The molecule has 0 bridgehead atoms. The van der Waals surface area contributed by atoms with Crippen molar-refractivity contribution in [1.82, 2.24) is 0 Å². The summed E-state index contributed by atoms with van der Waals surface area (Å²) < 4.78 is 10.7. The molecule has 0 saturated carbocycles. The first kappa shape index (κ1) is 20.9. The van der Waals surface area contributed by atoms with E-state index < -0.39 is 11.9 Å². The number of nitrogens with one attached hydrogen (secondary N) is 1. The summed E-state index contributed by atoms with van der Waals surface area (Å²) in [5.41, 5.74) is 1.60. The van der Waals surface area contributed by atoms with Gasteiger partial charge in [-0.3, -0.25) is 4.79 Å². The number of amides is 1. The lowest BCUT2D eigenvalue weighted by atomic mass is 10.1. The Morgan fingerprint density at radius 2 is 1.80 bits per heavy atom. The number of benzene rings is 2. The van der Waals surface area contributed by atoms with Gasteiger partial charge in [-0.25, -0.2) is 4.79 Å². The zero-order valence-corrected chi connectivity index (χ0v) is 16.8. The number of nitriles is 1. The lowest BCUT2D eigenvalue weighted by Gasteiger charge is -2.04. The predicted molar refractivity (Wildman–Crippen MR) is 114 cm³/mol. The van der Waals surface area contributed by atoms with Crippen LogP contribution in [0.5, 0.6) is 0 Å². The third-order valence-corrected chi connectivity index (χ3v) is 4.31. The first-order chi connectivity index (χ1) is 14.5. The summed E-state index contributed by atoms with van der Waals surface area (Å²) in [6.45, 7) is 2.05. The third kappa shape index (κ3) is 5.16. The number of halogens is 1. The summed E-state index contributed by atoms with van der Waals surface area (Å²) >= 11 is 5.82. The Hall–Kier alpha value is -3.82. The van der Waals surface area contributed by atoms with Crippen LogP contribution in [-0.2, 0) is 9.53 Å². The number of carbonyl (C=O) groups is 2. The average molecular weight is 421 g/mol. The number of ether oxygens (including phenoxy) is 1. The summed E-state index contributed by atoms with van der Waals surface area (Å²) in [4.78, 5) is 24.1. The number of rotatable bonds is 6. The molecule has 0 radical (unpaired) electrons. The normalized spacial score (nSPS) is 10.9. The van der Waals surface area contributed by atoms with Crippen LogP contribution >= 0.6 is 11.6 Å². The van der Waals surface area contributed by atoms with E-state index >= 15 is 0 Å². The molecule has 0 fully saturated rings. The molecule has 0 spiro atoms. The van der Waals surface area contributed by atoms with Crippen LogP contribution in [0.15, 0.2) is 70.7 Å². The average Bonchev–Trinajstić information content (AvgIpc) is 3.22. The van der Waals surface area contributed by atoms with Gasteiger partial charge >= 0.3 is 5.97 Å². The summed E-state index contributed by atoms with van der Waals surface area (Å²) in [6, 6.07) is 18.6. The highest BCUT2D eigenvalue weighted by molar-refractivity contribution is 6.30. The molecule has 0 aliphatic rings. The molecular formula is C23H17ClN2O4. The van der Waals surface area contributed by atoms with Crippen molar-refractivity contribution in [3.05, 3.63) is 82.6 Å². The quantitative estimate of drug-likeness (QED) is 0.331. The van der Waals surface area contributed by atoms with E-state index in [-0.39, 0.29) is 5.57 Å². The number of furan rings is 1. The number of hydrogen-bond acceptors (Lipinski definition) is 5. The highest BCUT2D eigenvalue weighted by atomic mass is 35.5. The number of nitrogens with zero attached hydrogens (tertiary/aromatic N) is 1. The molecule has 0 aliphatic heterocycles. The second-order valence-electron chi connectivity index (χ2n) is 6.13. The van der Waals surface area contributed by atoms with Crippen LogP contribution in [0.25, 0.3) is 17.4 Å². The van der Waals surface area contributed by atoms with Crippen LogP contribution in [0.2, 0.25) is 5.02 Å². The maximum absolute atomic E-state index is 12.3. The maximum atomic E-state index is 12.3. The van der Waals surface area contributed by atoms with Gasteiger partial charge in [0.2, 0.25) is 0 Å². The fourth-order valence-electron chi connectivity index (χ4n) is 2.59. The Balaban J connectivity index is 1.74. The number of anilines is 1. The van der Waals surface area contributed by atoms with E-state index in [2.05, 4.69) is 5.32 Å². The second kappa shape index (κ2) is 9.59. The highest BCUT2D eigenvalue weighted by Gasteiger charge is 2.12. The zero-order chi connectivity index (χ0) is 21.5. The standard InChI is InChI=1S/C23H17ClN2O4/c1-2-29-23(28)16-5-3-15(4-6-16)21-12-11-20(30-21)13-17(14-25)22(27)26-19-9-7-18(24)8-10-19/h3-13H,2H2,1H3,(H,26,27). The number of esters is 1. The van der Waals surface area contributed by atoms with Gasteiger partial charge in [0.15, 0.2) is 0 Å². The van der Waals surface area contributed by atoms with Crippen molar-refractivity contribution in [2.24, 2.45) is 0 Å². The van der Waals surface area contributed by atoms with Gasteiger partial charge in [0.05, 0.1) is 12.2 Å². The zero-order valence-electron chi connectivity index (χ0n) is 16.0. The Morgan fingerprint density at radius 3 is 2.43 bits per heavy atom. The molecule has 0 aliphatic carbocycles. The largest absolute Gasteiger partial charge is 0.462 e. The van der Waals surface area contributed by atoms with Gasteiger partial charge in [-0.05, 0) is 55.5 Å². The maximum Gasteiger partial charge on any atom is 0.338 e. The summed E-state index contributed by atoms with van der Waals surface area (Å²) in [5.74, 6) is -0.0663. The minimum atomic E-state index is -0.559. The van der Waals surface area contributed by atoms with Crippen LogP contribution in [0.3, 0.4) is 0 Å². The number of hydrogen-bond donors (Lipinski definition) is 1. The van der Waals surface area contributed by atoms with E-state index in [0.717, 1.165) is 5.56 Å². The molecule has 1 amide bonds. The highest BCUT2D eigenvalue weighted by Crippen LogP contribution is 2.24. The van der Waals surface area contributed by atoms with Crippen LogP contribution < -0.4 is 5.32 Å². The van der Waals surface area contributed by atoms with Gasteiger partial charge in [-0.15, -0.1) is 0 Å². The molecular weight excluding hydrogens is 404 g/mol. The monoisotopic (exact) mass is 420 g/mol. The molecule has 6 nitrogen and oxygen atoms in total. The van der Waals surface area contributed by atoms with Gasteiger partial charge in [-0.2, -0.15) is 5.26 Å². The first-order valence-corrected chi connectivity index (χ1v) is 9.44. The van der Waals surface area contributed by atoms with Gasteiger partial charge < -0.3 is 14.5 Å². The van der Waals surface area contributed by atoms with Gasteiger partial charge in [0.25, 0.3) is 5.91 Å². The minimum absolute atomic E-state index is 0.108. The Kier molecular flexibility index (Phi) is 6.68. The van der Waals surface area contributed by atoms with Crippen LogP contribution in [-0.4, -0.2) is 18.5 Å². The van der Waals surface area contributed by atoms with Crippen molar-refractivity contribution >= 4 is 35.2 Å². The minimum Gasteiger partial charge on any atom is -0.462 e. The second-order valence-corrected chi connectivity index (χ2v) is 6.57. The molecule has 1 N–H and O–H groups in total. The first-order valence-electron chi connectivity index (χ1n) is 9.06. The molecule has 1 aromatic heterocycles. The van der Waals surface area contributed by atoms with Gasteiger partial charge in [0, 0.05) is 22.3 Å². The Bertz CT molecular complexity index is 1120. The van der Waals surface area contributed by atoms with E-state index in [1.807, 2.05) is 6.07 Å². The van der Waals surface area contributed by atoms with Crippen molar-refractivity contribution in [2.45, 2.75) is 6.92 Å². The van der Waals surface area contributed by atoms with Crippen LogP contribution in [0.4, 0.5) is 5.69 Å². The smallest absolute Gasteiger partial charge is 0.338 e. The van der Waals surface area contributed by atoms with E-state index in [9.17, 15) is 14.9 Å². The molecule has 3 aromatic rings. The van der Waals surface area contributed by atoms with Crippen molar-refractivity contribution in [2.75, 3.05) is 11.9 Å². The summed E-state index contributed by atoms with van der Waals surface area (Å²) in [5, 5.41) is 12.5. The SMILES string of the molecule is CCOC(=O)c1ccc(-c2ccc(C=C(C#N)C(=O)Nc3ccc(Cl)cc3)o2)cc1. The molecule has 7 heteroatoms. The third-order valence-electron chi connectivity index (χ3n) is 4.06. The van der Waals surface area contributed by atoms with Crippen LogP contribution in [0.1, 0.15) is 23.0 Å². The fourth-order valence-corrected chi connectivity index (χ4v) is 2.72. The molecule has 0 saturated heterocycles. The molecule has 3 rings (SSSR count). The van der Waals surface area contributed by atoms with Crippen LogP contribution in [0, 0.1) is 11.3 Å².